The predicted molar refractivity (Wildman–Crippen MR) is 123 cm³/mol. The zero-order valence-electron chi connectivity index (χ0n) is 20.0. The van der Waals surface area contributed by atoms with Crippen LogP contribution in [-0.4, -0.2) is 59.1 Å². The Kier molecular flexibility index (Phi) is 10.6. The van der Waals surface area contributed by atoms with Crippen LogP contribution in [0.4, 0.5) is 4.79 Å². The Hall–Kier alpha value is -3.30. The lowest BCUT2D eigenvalue weighted by atomic mass is 10.0. The van der Waals surface area contributed by atoms with Gasteiger partial charge < -0.3 is 31.1 Å². The molecule has 1 aromatic rings. The van der Waals surface area contributed by atoms with E-state index in [1.54, 1.807) is 32.9 Å². The van der Waals surface area contributed by atoms with E-state index in [9.17, 15) is 24.3 Å². The average Bonchev–Trinajstić information content (AvgIpc) is 2.69. The van der Waals surface area contributed by atoms with Crippen LogP contribution in [0.2, 0.25) is 0 Å². The molecule has 0 saturated carbocycles. The van der Waals surface area contributed by atoms with Crippen LogP contribution in [0.1, 0.15) is 65.0 Å². The quantitative estimate of drug-likeness (QED) is 0.368. The Bertz CT molecular complexity index is 836. The molecule has 2 unspecified atom stereocenters. The lowest BCUT2D eigenvalue weighted by Crippen LogP contribution is -2.52. The fraction of sp³-hybridized carbons (Fsp3) is 0.565. The number of nitrogens with one attached hydrogen (secondary N) is 2. The van der Waals surface area contributed by atoms with E-state index in [0.29, 0.717) is 12.1 Å². The highest BCUT2D eigenvalue weighted by atomic mass is 16.6. The summed E-state index contributed by atoms with van der Waals surface area (Å²) in [6.45, 7) is 7.45. The van der Waals surface area contributed by atoms with Gasteiger partial charge in [0.1, 0.15) is 23.4 Å². The van der Waals surface area contributed by atoms with Gasteiger partial charge >= 0.3 is 6.09 Å². The number of nitrogens with two attached hydrogens (primary N) is 1. The zero-order chi connectivity index (χ0) is 25.2. The average molecular weight is 465 g/mol. The third-order valence-corrected chi connectivity index (χ3v) is 4.67. The summed E-state index contributed by atoms with van der Waals surface area (Å²) in [6.07, 6.45) is 0.583. The molecule has 0 bridgehead atoms. The molecule has 2 atom stereocenters. The lowest BCUT2D eigenvalue weighted by molar-refractivity contribution is -0.141. The number of unbranched alkanes of at least 4 members (excludes halogenated alkanes) is 1. The van der Waals surface area contributed by atoms with Gasteiger partial charge in [-0.2, -0.15) is 0 Å². The molecule has 10 heteroatoms. The molecule has 1 rings (SSSR count). The van der Waals surface area contributed by atoms with E-state index in [0.717, 1.165) is 12.8 Å². The van der Waals surface area contributed by atoms with Crippen LogP contribution in [-0.2, 0) is 19.1 Å². The van der Waals surface area contributed by atoms with Gasteiger partial charge in [0.2, 0.25) is 17.7 Å². The first kappa shape index (κ1) is 27.7. The van der Waals surface area contributed by atoms with Crippen LogP contribution in [0.3, 0.4) is 0 Å². The summed E-state index contributed by atoms with van der Waals surface area (Å²) in [5.41, 5.74) is 4.83. The minimum atomic E-state index is -1.15. The number of alkyl carbamates (subject to hydrolysis) is 1. The van der Waals surface area contributed by atoms with E-state index in [2.05, 4.69) is 10.6 Å². The first-order valence-corrected chi connectivity index (χ1v) is 11.0. The van der Waals surface area contributed by atoms with Crippen LogP contribution >= 0.6 is 0 Å². The number of primary amides is 1. The van der Waals surface area contributed by atoms with Crippen LogP contribution in [0.15, 0.2) is 24.3 Å². The van der Waals surface area contributed by atoms with Gasteiger partial charge in [-0.3, -0.25) is 14.4 Å². The zero-order valence-corrected chi connectivity index (χ0v) is 20.0. The minimum absolute atomic E-state index is 0.0585. The summed E-state index contributed by atoms with van der Waals surface area (Å²) < 4.78 is 5.23. The van der Waals surface area contributed by atoms with Crippen molar-refractivity contribution in [1.29, 1.82) is 0 Å². The number of carbonyl (C=O) groups excluding carboxylic acids is 4. The topological polar surface area (TPSA) is 151 Å². The van der Waals surface area contributed by atoms with Crippen LogP contribution in [0, 0.1) is 0 Å². The van der Waals surface area contributed by atoms with Crippen LogP contribution < -0.4 is 16.4 Å². The third-order valence-electron chi connectivity index (χ3n) is 4.67. The molecule has 0 aliphatic heterocycles. The fourth-order valence-corrected chi connectivity index (χ4v) is 3.10. The van der Waals surface area contributed by atoms with E-state index in [-0.39, 0.29) is 18.6 Å². The molecule has 33 heavy (non-hydrogen) atoms. The summed E-state index contributed by atoms with van der Waals surface area (Å²) >= 11 is 0. The van der Waals surface area contributed by atoms with E-state index in [1.165, 1.54) is 24.1 Å². The monoisotopic (exact) mass is 464 g/mol. The van der Waals surface area contributed by atoms with Gasteiger partial charge in [-0.15, -0.1) is 0 Å². The van der Waals surface area contributed by atoms with Crippen molar-refractivity contribution in [3.05, 3.63) is 29.8 Å². The Labute approximate surface area is 194 Å². The summed E-state index contributed by atoms with van der Waals surface area (Å²) in [5, 5.41) is 15.2. The number of hydrogen-bond donors (Lipinski definition) is 4. The Morgan fingerprint density at radius 2 is 1.88 bits per heavy atom. The Balaban J connectivity index is 3.20. The SMILES string of the molecule is CCCCNC(=O)C(c1cccc(O)c1)N(C)C(=O)C(CCC(N)=O)NC(=O)OC(C)(C)C. The number of ether oxygens (including phenoxy) is 1. The molecule has 0 radical (unpaired) electrons. The van der Waals surface area contributed by atoms with E-state index < -0.39 is 41.5 Å². The first-order valence-electron chi connectivity index (χ1n) is 11.0. The summed E-state index contributed by atoms with van der Waals surface area (Å²) in [4.78, 5) is 51.2. The van der Waals surface area contributed by atoms with Crippen molar-refractivity contribution >= 4 is 23.8 Å². The predicted octanol–water partition coefficient (Wildman–Crippen LogP) is 1.97. The summed E-state index contributed by atoms with van der Waals surface area (Å²) in [7, 11) is 1.42. The molecule has 0 saturated heterocycles. The van der Waals surface area contributed by atoms with Crippen molar-refractivity contribution in [3.63, 3.8) is 0 Å². The molecule has 0 fully saturated rings. The number of nitrogens with zero attached hydrogens (tertiary/aromatic N) is 1. The van der Waals surface area contributed by atoms with Gasteiger partial charge in [0, 0.05) is 20.0 Å². The van der Waals surface area contributed by atoms with Gasteiger partial charge in [0.05, 0.1) is 0 Å². The van der Waals surface area contributed by atoms with Crippen LogP contribution in [0.5, 0.6) is 5.75 Å². The van der Waals surface area contributed by atoms with Gasteiger partial charge in [0.15, 0.2) is 0 Å². The Morgan fingerprint density at radius 3 is 2.42 bits per heavy atom. The second-order valence-electron chi connectivity index (χ2n) is 8.80. The number of rotatable bonds is 11. The van der Waals surface area contributed by atoms with Gasteiger partial charge in [0.25, 0.3) is 0 Å². The molecule has 4 amide bonds. The van der Waals surface area contributed by atoms with Crippen LogP contribution in [0.25, 0.3) is 0 Å². The second-order valence-corrected chi connectivity index (χ2v) is 8.80. The molecule has 10 nitrogen and oxygen atoms in total. The molecule has 0 heterocycles. The van der Waals surface area contributed by atoms with Crippen molar-refractivity contribution in [2.75, 3.05) is 13.6 Å². The van der Waals surface area contributed by atoms with E-state index >= 15 is 0 Å². The number of hydrogen-bond acceptors (Lipinski definition) is 6. The molecule has 1 aromatic carbocycles. The smallest absolute Gasteiger partial charge is 0.408 e. The second kappa shape index (κ2) is 12.7. The Morgan fingerprint density at radius 1 is 1.21 bits per heavy atom. The van der Waals surface area contributed by atoms with Crippen molar-refractivity contribution < 1.29 is 29.0 Å². The molecular formula is C23H36N4O6. The van der Waals surface area contributed by atoms with Crippen molar-refractivity contribution in [2.45, 2.75) is 71.1 Å². The molecule has 0 spiro atoms. The highest BCUT2D eigenvalue weighted by Crippen LogP contribution is 2.24. The number of amides is 4. The van der Waals surface area contributed by atoms with E-state index in [1.807, 2.05) is 6.92 Å². The highest BCUT2D eigenvalue weighted by Gasteiger charge is 2.34. The van der Waals surface area contributed by atoms with Gasteiger partial charge in [-0.25, -0.2) is 4.79 Å². The largest absolute Gasteiger partial charge is 0.508 e. The molecule has 0 aromatic heterocycles. The maximum atomic E-state index is 13.4. The normalized spacial score (nSPS) is 12.9. The minimum Gasteiger partial charge on any atom is -0.508 e. The molecule has 0 aliphatic carbocycles. The standard InChI is InChI=1S/C23H36N4O6/c1-6-7-13-25-20(30)19(15-9-8-10-16(28)14-15)27(5)21(31)17(11-12-18(24)29)26-22(32)33-23(2,3)4/h8-10,14,17,19,28H,6-7,11-13H2,1-5H3,(H2,24,29)(H,25,30)(H,26,32). The highest BCUT2D eigenvalue weighted by molar-refractivity contribution is 5.92. The van der Waals surface area contributed by atoms with E-state index in [4.69, 9.17) is 10.5 Å². The number of carbonyl (C=O) groups is 4. The molecular weight excluding hydrogens is 428 g/mol. The maximum absolute atomic E-state index is 13.4. The number of phenolic OH excluding ortho intramolecular Hbond substituents is 1. The number of aromatic hydroxyl groups is 1. The van der Waals surface area contributed by atoms with Crippen molar-refractivity contribution in [1.82, 2.24) is 15.5 Å². The number of phenols is 1. The fourth-order valence-electron chi connectivity index (χ4n) is 3.10. The van der Waals surface area contributed by atoms with Crippen molar-refractivity contribution in [2.24, 2.45) is 5.73 Å². The lowest BCUT2D eigenvalue weighted by Gasteiger charge is -2.31. The maximum Gasteiger partial charge on any atom is 0.408 e. The summed E-state index contributed by atoms with van der Waals surface area (Å²) in [5.74, 6) is -1.74. The molecule has 184 valence electrons. The first-order chi connectivity index (χ1) is 15.4. The van der Waals surface area contributed by atoms with Gasteiger partial charge in [-0.1, -0.05) is 25.5 Å². The van der Waals surface area contributed by atoms with Gasteiger partial charge in [-0.05, 0) is 51.3 Å². The number of likely N-dealkylation sites (N-methyl/N-ethyl adjacent to an activating group) is 1. The summed E-state index contributed by atoms with van der Waals surface area (Å²) in [6, 6.07) is 3.81. The van der Waals surface area contributed by atoms with Crippen molar-refractivity contribution in [3.8, 4) is 5.75 Å². The molecule has 0 aliphatic rings. The number of benzene rings is 1. The third kappa shape index (κ3) is 9.80. The molecule has 5 N–H and O–H groups in total.